The molecule has 0 unspecified atom stereocenters. The lowest BCUT2D eigenvalue weighted by atomic mass is 10.2. The third kappa shape index (κ3) is 2.90. The maximum absolute atomic E-state index is 13.4. The van der Waals surface area contributed by atoms with Gasteiger partial charge in [-0.2, -0.15) is 0 Å². The Balaban J connectivity index is 2.37. The van der Waals surface area contributed by atoms with Crippen LogP contribution in [0.5, 0.6) is 5.75 Å². The predicted octanol–water partition coefficient (Wildman–Crippen LogP) is 4.12. The lowest BCUT2D eigenvalue weighted by Crippen LogP contribution is -1.99. The van der Waals surface area contributed by atoms with E-state index in [-0.39, 0.29) is 11.4 Å². The van der Waals surface area contributed by atoms with Crippen LogP contribution in [-0.2, 0) is 0 Å². The fourth-order valence-corrected chi connectivity index (χ4v) is 1.98. The number of nitrogens with two attached hydrogens (primary N) is 1. The molecule has 3 N–H and O–H groups in total. The van der Waals surface area contributed by atoms with Crippen molar-refractivity contribution in [1.29, 1.82) is 0 Å². The van der Waals surface area contributed by atoms with Crippen molar-refractivity contribution in [3.63, 3.8) is 0 Å². The maximum Gasteiger partial charge on any atom is 0.167 e. The molecule has 0 aliphatic carbocycles. The van der Waals surface area contributed by atoms with Gasteiger partial charge >= 0.3 is 0 Å². The van der Waals surface area contributed by atoms with E-state index in [0.717, 1.165) is 5.56 Å². The zero-order chi connectivity index (χ0) is 14.0. The van der Waals surface area contributed by atoms with Crippen molar-refractivity contribution in [2.24, 2.45) is 0 Å². The van der Waals surface area contributed by atoms with Crippen molar-refractivity contribution in [3.05, 3.63) is 46.7 Å². The predicted molar refractivity (Wildman–Crippen MR) is 76.8 cm³/mol. The van der Waals surface area contributed by atoms with E-state index in [9.17, 15) is 4.39 Å². The molecule has 0 aliphatic rings. The largest absolute Gasteiger partial charge is 0.494 e. The molecule has 0 aromatic heterocycles. The van der Waals surface area contributed by atoms with Gasteiger partial charge in [0.2, 0.25) is 0 Å². The van der Waals surface area contributed by atoms with Gasteiger partial charge in [-0.15, -0.1) is 0 Å². The van der Waals surface area contributed by atoms with E-state index in [4.69, 9.17) is 22.1 Å². The standard InChI is InChI=1S/C14H14ClFN2O/c1-8-3-4-12(9(15)5-8)18-13-7-14(19-2)10(16)6-11(13)17/h3-7,18H,17H2,1-2H3. The Hall–Kier alpha value is -1.94. The summed E-state index contributed by atoms with van der Waals surface area (Å²) in [5, 5.41) is 3.64. The maximum atomic E-state index is 13.4. The number of hydrogen-bond acceptors (Lipinski definition) is 3. The van der Waals surface area contributed by atoms with Gasteiger partial charge in [-0.05, 0) is 24.6 Å². The van der Waals surface area contributed by atoms with Crippen LogP contribution < -0.4 is 15.8 Å². The van der Waals surface area contributed by atoms with Crippen LogP contribution in [-0.4, -0.2) is 7.11 Å². The molecule has 5 heteroatoms. The van der Waals surface area contributed by atoms with Gasteiger partial charge in [0.1, 0.15) is 0 Å². The number of aryl methyl sites for hydroxylation is 1. The first kappa shape index (κ1) is 13.5. The minimum absolute atomic E-state index is 0.125. The van der Waals surface area contributed by atoms with Crippen molar-refractivity contribution in [2.75, 3.05) is 18.2 Å². The van der Waals surface area contributed by atoms with Crippen molar-refractivity contribution in [2.45, 2.75) is 6.92 Å². The molecule has 0 atom stereocenters. The summed E-state index contributed by atoms with van der Waals surface area (Å²) in [6.07, 6.45) is 0. The first-order valence-corrected chi connectivity index (χ1v) is 6.05. The molecule has 0 saturated heterocycles. The number of ether oxygens (including phenoxy) is 1. The third-order valence-corrected chi connectivity index (χ3v) is 3.03. The summed E-state index contributed by atoms with van der Waals surface area (Å²) in [4.78, 5) is 0. The molecule has 2 rings (SSSR count). The normalized spacial score (nSPS) is 10.3. The molecule has 0 saturated carbocycles. The lowest BCUT2D eigenvalue weighted by molar-refractivity contribution is 0.387. The Labute approximate surface area is 116 Å². The average molecular weight is 281 g/mol. The molecule has 100 valence electrons. The molecule has 0 heterocycles. The Morgan fingerprint density at radius 1 is 1.21 bits per heavy atom. The summed E-state index contributed by atoms with van der Waals surface area (Å²) in [7, 11) is 1.40. The molecular weight excluding hydrogens is 267 g/mol. The molecule has 0 amide bonds. The quantitative estimate of drug-likeness (QED) is 0.831. The van der Waals surface area contributed by atoms with E-state index in [1.165, 1.54) is 19.2 Å². The van der Waals surface area contributed by atoms with Crippen LogP contribution in [0.2, 0.25) is 5.02 Å². The minimum atomic E-state index is -0.499. The van der Waals surface area contributed by atoms with Gasteiger partial charge in [-0.25, -0.2) is 4.39 Å². The summed E-state index contributed by atoms with van der Waals surface area (Å²) < 4.78 is 18.4. The molecule has 2 aromatic carbocycles. The summed E-state index contributed by atoms with van der Waals surface area (Å²) in [5.74, 6) is -0.375. The van der Waals surface area contributed by atoms with Gasteiger partial charge in [0, 0.05) is 12.1 Å². The summed E-state index contributed by atoms with van der Waals surface area (Å²) in [6.45, 7) is 1.95. The number of methoxy groups -OCH3 is 1. The molecule has 3 nitrogen and oxygen atoms in total. The average Bonchev–Trinajstić information content (AvgIpc) is 2.35. The van der Waals surface area contributed by atoms with Gasteiger partial charge < -0.3 is 15.8 Å². The van der Waals surface area contributed by atoms with E-state index in [1.807, 2.05) is 25.1 Å². The number of anilines is 3. The first-order chi connectivity index (χ1) is 9.01. The summed E-state index contributed by atoms with van der Waals surface area (Å²) >= 11 is 6.13. The second-order valence-corrected chi connectivity index (χ2v) is 4.59. The van der Waals surface area contributed by atoms with E-state index < -0.39 is 5.82 Å². The second-order valence-electron chi connectivity index (χ2n) is 4.18. The molecule has 2 aromatic rings. The molecule has 0 aliphatic heterocycles. The Kier molecular flexibility index (Phi) is 3.81. The van der Waals surface area contributed by atoms with Crippen LogP contribution in [0.3, 0.4) is 0 Å². The zero-order valence-corrected chi connectivity index (χ0v) is 11.4. The number of nitrogens with one attached hydrogen (secondary N) is 1. The molecule has 0 spiro atoms. The molecule has 0 bridgehead atoms. The third-order valence-electron chi connectivity index (χ3n) is 2.72. The Morgan fingerprint density at radius 2 is 1.95 bits per heavy atom. The number of halogens is 2. The highest BCUT2D eigenvalue weighted by Crippen LogP contribution is 2.33. The first-order valence-electron chi connectivity index (χ1n) is 5.67. The van der Waals surface area contributed by atoms with E-state index in [1.54, 1.807) is 0 Å². The van der Waals surface area contributed by atoms with E-state index in [2.05, 4.69) is 5.32 Å². The van der Waals surface area contributed by atoms with E-state index >= 15 is 0 Å². The SMILES string of the molecule is COc1cc(Nc2ccc(C)cc2Cl)c(N)cc1F. The molecule has 0 radical (unpaired) electrons. The fourth-order valence-electron chi connectivity index (χ4n) is 1.70. The fraction of sp³-hybridized carbons (Fsp3) is 0.143. The second kappa shape index (κ2) is 5.36. The number of hydrogen-bond donors (Lipinski definition) is 2. The van der Waals surface area contributed by atoms with Crippen molar-refractivity contribution in [3.8, 4) is 5.75 Å². The molecule has 19 heavy (non-hydrogen) atoms. The summed E-state index contributed by atoms with van der Waals surface area (Å²) in [5.41, 5.74) is 8.36. The minimum Gasteiger partial charge on any atom is -0.494 e. The van der Waals surface area contributed by atoms with Gasteiger partial charge in [0.15, 0.2) is 11.6 Å². The monoisotopic (exact) mass is 280 g/mol. The summed E-state index contributed by atoms with van der Waals surface area (Å²) in [6, 6.07) is 8.31. The van der Waals surface area contributed by atoms with Crippen LogP contribution in [0.4, 0.5) is 21.5 Å². The smallest absolute Gasteiger partial charge is 0.167 e. The number of rotatable bonds is 3. The molecule has 0 fully saturated rings. The van der Waals surface area contributed by atoms with Crippen molar-refractivity contribution >= 4 is 28.7 Å². The number of nitrogen functional groups attached to an aromatic ring is 1. The van der Waals surface area contributed by atoms with Crippen molar-refractivity contribution in [1.82, 2.24) is 0 Å². The van der Waals surface area contributed by atoms with Gasteiger partial charge in [-0.1, -0.05) is 17.7 Å². The van der Waals surface area contributed by atoms with Gasteiger partial charge in [0.25, 0.3) is 0 Å². The topological polar surface area (TPSA) is 47.3 Å². The van der Waals surface area contributed by atoms with Gasteiger partial charge in [-0.3, -0.25) is 0 Å². The van der Waals surface area contributed by atoms with Gasteiger partial charge in [0.05, 0.1) is 29.2 Å². The van der Waals surface area contributed by atoms with Crippen LogP contribution in [0.1, 0.15) is 5.56 Å². The van der Waals surface area contributed by atoms with Crippen molar-refractivity contribution < 1.29 is 9.13 Å². The van der Waals surface area contributed by atoms with Crippen LogP contribution >= 0.6 is 11.6 Å². The highest BCUT2D eigenvalue weighted by Gasteiger charge is 2.09. The zero-order valence-electron chi connectivity index (χ0n) is 10.6. The van der Waals surface area contributed by atoms with Crippen LogP contribution in [0, 0.1) is 12.7 Å². The highest BCUT2D eigenvalue weighted by atomic mass is 35.5. The van der Waals surface area contributed by atoms with Crippen LogP contribution in [0.25, 0.3) is 0 Å². The Bertz CT molecular complexity index is 617. The van der Waals surface area contributed by atoms with E-state index in [0.29, 0.717) is 16.4 Å². The van der Waals surface area contributed by atoms with Crippen LogP contribution in [0.15, 0.2) is 30.3 Å². The Morgan fingerprint density at radius 3 is 2.58 bits per heavy atom. The number of benzene rings is 2. The lowest BCUT2D eigenvalue weighted by Gasteiger charge is -2.13. The molecular formula is C14H14ClFN2O. The highest BCUT2D eigenvalue weighted by molar-refractivity contribution is 6.33.